The Balaban J connectivity index is 1.92. The third-order valence-corrected chi connectivity index (χ3v) is 3.45. The molecule has 1 N–H and O–H groups in total. The smallest absolute Gasteiger partial charge is 0.119 e. The molecule has 0 aliphatic rings. The molecule has 1 heterocycles. The van der Waals surface area contributed by atoms with E-state index in [0.29, 0.717) is 0 Å². The minimum atomic E-state index is 0.210. The molecule has 2 rings (SSSR count). The van der Waals surface area contributed by atoms with E-state index in [0.717, 1.165) is 23.8 Å². The fraction of sp³-hybridized carbons (Fsp3) is 0.444. The monoisotopic (exact) mass is 287 g/mol. The van der Waals surface area contributed by atoms with Crippen molar-refractivity contribution in [2.75, 3.05) is 0 Å². The second-order valence-electron chi connectivity index (χ2n) is 5.78. The van der Waals surface area contributed by atoms with Gasteiger partial charge in [0.25, 0.3) is 0 Å². The Morgan fingerprint density at radius 1 is 1.10 bits per heavy atom. The van der Waals surface area contributed by atoms with Crippen LogP contribution in [0.25, 0.3) is 0 Å². The summed E-state index contributed by atoms with van der Waals surface area (Å²) in [5.41, 5.74) is 2.48. The van der Waals surface area contributed by atoms with Gasteiger partial charge in [-0.25, -0.2) is 0 Å². The summed E-state index contributed by atoms with van der Waals surface area (Å²) >= 11 is 0. The first kappa shape index (κ1) is 15.6. The summed E-state index contributed by atoms with van der Waals surface area (Å²) in [5, 5.41) is 3.53. The summed E-state index contributed by atoms with van der Waals surface area (Å²) < 4.78 is 11.2. The van der Waals surface area contributed by atoms with Gasteiger partial charge in [-0.05, 0) is 58.4 Å². The van der Waals surface area contributed by atoms with Crippen molar-refractivity contribution in [1.82, 2.24) is 5.32 Å². The van der Waals surface area contributed by atoms with Crippen molar-refractivity contribution in [3.05, 3.63) is 53.0 Å². The summed E-state index contributed by atoms with van der Waals surface area (Å²) in [6.45, 7) is 11.0. The molecular weight excluding hydrogens is 262 g/mol. The van der Waals surface area contributed by atoms with Gasteiger partial charge in [-0.15, -0.1) is 0 Å². The third-order valence-electron chi connectivity index (χ3n) is 3.45. The van der Waals surface area contributed by atoms with Crippen LogP contribution in [0.4, 0.5) is 0 Å². The van der Waals surface area contributed by atoms with Gasteiger partial charge < -0.3 is 14.5 Å². The number of aryl methyl sites for hydroxylation is 2. The minimum Gasteiger partial charge on any atom is -0.491 e. The normalized spacial score (nSPS) is 12.7. The third kappa shape index (κ3) is 4.36. The molecule has 1 aromatic carbocycles. The summed E-state index contributed by atoms with van der Waals surface area (Å²) in [5.74, 6) is 2.88. The van der Waals surface area contributed by atoms with Crippen molar-refractivity contribution in [2.45, 2.75) is 53.3 Å². The number of hydrogen-bond acceptors (Lipinski definition) is 3. The van der Waals surface area contributed by atoms with Crippen molar-refractivity contribution in [1.29, 1.82) is 0 Å². The largest absolute Gasteiger partial charge is 0.491 e. The lowest BCUT2D eigenvalue weighted by molar-refractivity contribution is 0.242. The topological polar surface area (TPSA) is 34.4 Å². The summed E-state index contributed by atoms with van der Waals surface area (Å²) in [4.78, 5) is 0. The summed E-state index contributed by atoms with van der Waals surface area (Å²) in [6, 6.07) is 10.6. The maximum absolute atomic E-state index is 5.65. The van der Waals surface area contributed by atoms with Crippen LogP contribution in [0.3, 0.4) is 0 Å². The van der Waals surface area contributed by atoms with Crippen molar-refractivity contribution in [3.63, 3.8) is 0 Å². The van der Waals surface area contributed by atoms with Gasteiger partial charge in [-0.1, -0.05) is 12.1 Å². The Labute approximate surface area is 127 Å². The SMILES string of the molecule is Cc1cc(C(C)NCc2ccc(OC(C)C)cc2)c(C)o1. The number of hydrogen-bond donors (Lipinski definition) is 1. The van der Waals surface area contributed by atoms with E-state index in [9.17, 15) is 0 Å². The molecule has 0 saturated carbocycles. The van der Waals surface area contributed by atoms with E-state index < -0.39 is 0 Å². The van der Waals surface area contributed by atoms with E-state index in [1.54, 1.807) is 0 Å². The molecule has 0 aliphatic heterocycles. The van der Waals surface area contributed by atoms with Crippen LogP contribution in [0.5, 0.6) is 5.75 Å². The summed E-state index contributed by atoms with van der Waals surface area (Å²) in [6.07, 6.45) is 0.210. The molecule has 0 aliphatic carbocycles. The minimum absolute atomic E-state index is 0.210. The van der Waals surface area contributed by atoms with Crippen LogP contribution in [-0.2, 0) is 6.54 Å². The zero-order valence-corrected chi connectivity index (χ0v) is 13.6. The predicted molar refractivity (Wildman–Crippen MR) is 85.6 cm³/mol. The van der Waals surface area contributed by atoms with Gasteiger partial charge in [-0.2, -0.15) is 0 Å². The first-order chi connectivity index (χ1) is 9.95. The van der Waals surface area contributed by atoms with Gasteiger partial charge in [0.15, 0.2) is 0 Å². The predicted octanol–water partition coefficient (Wildman–Crippen LogP) is 4.53. The van der Waals surface area contributed by atoms with Gasteiger partial charge >= 0.3 is 0 Å². The van der Waals surface area contributed by atoms with E-state index in [1.165, 1.54) is 11.1 Å². The molecule has 3 heteroatoms. The fourth-order valence-electron chi connectivity index (χ4n) is 2.42. The lowest BCUT2D eigenvalue weighted by atomic mass is 10.1. The van der Waals surface area contributed by atoms with E-state index in [4.69, 9.17) is 9.15 Å². The van der Waals surface area contributed by atoms with Crippen LogP contribution in [0, 0.1) is 13.8 Å². The van der Waals surface area contributed by atoms with Crippen LogP contribution < -0.4 is 10.1 Å². The maximum atomic E-state index is 5.65. The number of benzene rings is 1. The van der Waals surface area contributed by atoms with E-state index in [2.05, 4.69) is 30.4 Å². The molecule has 0 amide bonds. The van der Waals surface area contributed by atoms with E-state index >= 15 is 0 Å². The number of furan rings is 1. The molecule has 114 valence electrons. The Bertz CT molecular complexity index is 569. The Morgan fingerprint density at radius 2 is 1.76 bits per heavy atom. The van der Waals surface area contributed by atoms with Gasteiger partial charge in [0.05, 0.1) is 6.10 Å². The van der Waals surface area contributed by atoms with Crippen LogP contribution in [0.1, 0.15) is 49.5 Å². The lowest BCUT2D eigenvalue weighted by Gasteiger charge is -2.14. The number of rotatable bonds is 6. The van der Waals surface area contributed by atoms with Crippen LogP contribution >= 0.6 is 0 Å². The Hall–Kier alpha value is -1.74. The lowest BCUT2D eigenvalue weighted by Crippen LogP contribution is -2.18. The van der Waals surface area contributed by atoms with Crippen molar-refractivity contribution < 1.29 is 9.15 Å². The van der Waals surface area contributed by atoms with Crippen LogP contribution in [0.2, 0.25) is 0 Å². The van der Waals surface area contributed by atoms with Crippen molar-refractivity contribution in [3.8, 4) is 5.75 Å². The number of nitrogens with one attached hydrogen (secondary N) is 1. The molecule has 0 spiro atoms. The average molecular weight is 287 g/mol. The molecule has 0 radical (unpaired) electrons. The van der Waals surface area contributed by atoms with Crippen LogP contribution in [0.15, 0.2) is 34.7 Å². The van der Waals surface area contributed by atoms with Gasteiger partial charge in [0, 0.05) is 18.2 Å². The molecular formula is C18H25NO2. The molecule has 1 atom stereocenters. The standard InChI is InChI=1S/C18H25NO2/c1-12(2)20-17-8-6-16(7-9-17)11-19-14(4)18-10-13(3)21-15(18)5/h6-10,12,14,19H,11H2,1-5H3. The first-order valence-corrected chi connectivity index (χ1v) is 7.51. The fourth-order valence-corrected chi connectivity index (χ4v) is 2.42. The number of ether oxygens (including phenoxy) is 1. The zero-order valence-electron chi connectivity index (χ0n) is 13.6. The zero-order chi connectivity index (χ0) is 15.4. The Morgan fingerprint density at radius 3 is 2.29 bits per heavy atom. The van der Waals surface area contributed by atoms with E-state index in [1.807, 2.05) is 39.8 Å². The molecule has 0 bridgehead atoms. The highest BCUT2D eigenvalue weighted by Gasteiger charge is 2.12. The molecule has 1 unspecified atom stereocenters. The second-order valence-corrected chi connectivity index (χ2v) is 5.78. The van der Waals surface area contributed by atoms with Crippen molar-refractivity contribution in [2.24, 2.45) is 0 Å². The van der Waals surface area contributed by atoms with Gasteiger partial charge in [0.2, 0.25) is 0 Å². The quantitative estimate of drug-likeness (QED) is 0.847. The molecule has 21 heavy (non-hydrogen) atoms. The molecule has 2 aromatic rings. The highest BCUT2D eigenvalue weighted by atomic mass is 16.5. The van der Waals surface area contributed by atoms with E-state index in [-0.39, 0.29) is 12.1 Å². The maximum Gasteiger partial charge on any atom is 0.119 e. The summed E-state index contributed by atoms with van der Waals surface area (Å²) in [7, 11) is 0. The molecule has 0 saturated heterocycles. The highest BCUT2D eigenvalue weighted by molar-refractivity contribution is 5.28. The van der Waals surface area contributed by atoms with Gasteiger partial charge in [0.1, 0.15) is 17.3 Å². The highest BCUT2D eigenvalue weighted by Crippen LogP contribution is 2.22. The van der Waals surface area contributed by atoms with Crippen LogP contribution in [-0.4, -0.2) is 6.10 Å². The second kappa shape index (κ2) is 6.81. The molecule has 1 aromatic heterocycles. The first-order valence-electron chi connectivity index (χ1n) is 7.51. The van der Waals surface area contributed by atoms with Crippen molar-refractivity contribution >= 4 is 0 Å². The average Bonchev–Trinajstić information content (AvgIpc) is 2.76. The molecule has 0 fully saturated rings. The van der Waals surface area contributed by atoms with Gasteiger partial charge in [-0.3, -0.25) is 0 Å². The Kier molecular flexibility index (Phi) is 5.07. The molecule has 3 nitrogen and oxygen atoms in total.